The van der Waals surface area contributed by atoms with Crippen LogP contribution < -0.4 is 0 Å². The van der Waals surface area contributed by atoms with Crippen LogP contribution in [0, 0.1) is 0 Å². The van der Waals surface area contributed by atoms with Gasteiger partial charge in [0.1, 0.15) is 5.78 Å². The number of benzene rings is 2. The summed E-state index contributed by atoms with van der Waals surface area (Å²) in [5, 5.41) is 0. The average Bonchev–Trinajstić information content (AvgIpc) is 2.70. The fourth-order valence-corrected chi connectivity index (χ4v) is 5.68. The van der Waals surface area contributed by atoms with Crippen LogP contribution in [-0.4, -0.2) is 20.0 Å². The first-order chi connectivity index (χ1) is 14.3. The minimum absolute atomic E-state index is 0.0502. The van der Waals surface area contributed by atoms with Crippen LogP contribution in [0.25, 0.3) is 11.6 Å². The lowest BCUT2D eigenvalue weighted by Gasteiger charge is -2.42. The summed E-state index contributed by atoms with van der Waals surface area (Å²) in [7, 11) is -3.43. The SMILES string of the molecule is CC(=O)CCS(=O)(=O)c1ccc(C=C(C)c2ccc3c(c2)C(C)(C)CCC3(C)C)cc1. The summed E-state index contributed by atoms with van der Waals surface area (Å²) in [6.45, 7) is 12.8. The van der Waals surface area contributed by atoms with Gasteiger partial charge in [-0.15, -0.1) is 0 Å². The summed E-state index contributed by atoms with van der Waals surface area (Å²) in [6, 6.07) is 13.7. The van der Waals surface area contributed by atoms with E-state index in [4.69, 9.17) is 0 Å². The van der Waals surface area contributed by atoms with Crippen molar-refractivity contribution < 1.29 is 13.2 Å². The van der Waals surface area contributed by atoms with E-state index in [1.807, 2.05) is 12.1 Å². The van der Waals surface area contributed by atoms with Gasteiger partial charge in [-0.25, -0.2) is 8.42 Å². The first-order valence-electron chi connectivity index (χ1n) is 11.0. The van der Waals surface area contributed by atoms with Crippen molar-refractivity contribution in [1.82, 2.24) is 0 Å². The second kappa shape index (κ2) is 8.38. The van der Waals surface area contributed by atoms with Gasteiger partial charge in [-0.05, 0) is 77.5 Å². The molecule has 0 amide bonds. The molecule has 3 nitrogen and oxygen atoms in total. The van der Waals surface area contributed by atoms with E-state index in [2.05, 4.69) is 58.9 Å². The monoisotopic (exact) mass is 438 g/mol. The van der Waals surface area contributed by atoms with Gasteiger partial charge in [0.05, 0.1) is 10.6 Å². The van der Waals surface area contributed by atoms with Gasteiger partial charge in [-0.2, -0.15) is 0 Å². The maximum atomic E-state index is 12.4. The van der Waals surface area contributed by atoms with Crippen molar-refractivity contribution >= 4 is 27.3 Å². The van der Waals surface area contributed by atoms with Crippen LogP contribution in [0.15, 0.2) is 47.4 Å². The molecule has 3 rings (SSSR count). The third-order valence-corrected chi connectivity index (χ3v) is 8.39. The van der Waals surface area contributed by atoms with E-state index < -0.39 is 9.84 Å². The van der Waals surface area contributed by atoms with E-state index in [9.17, 15) is 13.2 Å². The molecule has 2 aromatic carbocycles. The second-order valence-electron chi connectivity index (χ2n) is 10.2. The Kier molecular flexibility index (Phi) is 6.35. The van der Waals surface area contributed by atoms with Gasteiger partial charge in [0, 0.05) is 6.42 Å². The highest BCUT2D eigenvalue weighted by atomic mass is 32.2. The average molecular weight is 439 g/mol. The fraction of sp³-hybridized carbons (Fsp3) is 0.444. The molecule has 0 N–H and O–H groups in total. The van der Waals surface area contributed by atoms with Crippen molar-refractivity contribution in [3.8, 4) is 0 Å². The van der Waals surface area contributed by atoms with Gasteiger partial charge < -0.3 is 0 Å². The summed E-state index contributed by atoms with van der Waals surface area (Å²) < 4.78 is 24.7. The Labute approximate surface area is 187 Å². The molecule has 31 heavy (non-hydrogen) atoms. The van der Waals surface area contributed by atoms with Gasteiger partial charge in [-0.1, -0.05) is 64.1 Å². The Balaban J connectivity index is 1.88. The fourth-order valence-electron chi connectivity index (χ4n) is 4.33. The number of sulfone groups is 1. The van der Waals surface area contributed by atoms with E-state index in [0.29, 0.717) is 0 Å². The van der Waals surface area contributed by atoms with Crippen molar-refractivity contribution in [3.63, 3.8) is 0 Å². The third-order valence-electron chi connectivity index (χ3n) is 6.65. The first-order valence-corrected chi connectivity index (χ1v) is 12.6. The van der Waals surface area contributed by atoms with Crippen LogP contribution in [0.4, 0.5) is 0 Å². The molecule has 2 aromatic rings. The summed E-state index contributed by atoms with van der Waals surface area (Å²) in [6.07, 6.45) is 4.52. The lowest BCUT2D eigenvalue weighted by atomic mass is 9.63. The predicted octanol–water partition coefficient (Wildman–Crippen LogP) is 6.35. The van der Waals surface area contributed by atoms with Crippen LogP contribution in [0.1, 0.15) is 83.1 Å². The van der Waals surface area contributed by atoms with E-state index in [-0.39, 0.29) is 33.7 Å². The summed E-state index contributed by atoms with van der Waals surface area (Å²) in [5.74, 6) is -0.256. The van der Waals surface area contributed by atoms with Crippen molar-refractivity contribution in [3.05, 3.63) is 64.7 Å². The molecule has 0 fully saturated rings. The molecule has 4 heteroatoms. The van der Waals surface area contributed by atoms with Crippen LogP contribution in [-0.2, 0) is 25.5 Å². The van der Waals surface area contributed by atoms with Crippen molar-refractivity contribution in [2.24, 2.45) is 0 Å². The van der Waals surface area contributed by atoms with Crippen molar-refractivity contribution in [1.29, 1.82) is 0 Å². The highest BCUT2D eigenvalue weighted by molar-refractivity contribution is 7.91. The Hall–Kier alpha value is -2.20. The highest BCUT2D eigenvalue weighted by Gasteiger charge is 2.36. The first kappa shape index (κ1) is 23.5. The Morgan fingerprint density at radius 2 is 1.48 bits per heavy atom. The molecule has 166 valence electrons. The molecular weight excluding hydrogens is 404 g/mol. The molecular formula is C27H34O3S. The van der Waals surface area contributed by atoms with Gasteiger partial charge in [0.25, 0.3) is 0 Å². The molecule has 1 aliphatic carbocycles. The number of carbonyl (C=O) groups is 1. The zero-order valence-corrected chi connectivity index (χ0v) is 20.4. The molecule has 0 saturated carbocycles. The van der Waals surface area contributed by atoms with Gasteiger partial charge >= 0.3 is 0 Å². The van der Waals surface area contributed by atoms with Crippen LogP contribution in [0.3, 0.4) is 0 Å². The molecule has 0 unspecified atom stereocenters. The van der Waals surface area contributed by atoms with E-state index in [1.165, 1.54) is 36.5 Å². The van der Waals surface area contributed by atoms with Crippen molar-refractivity contribution in [2.45, 2.75) is 76.5 Å². The second-order valence-corrected chi connectivity index (χ2v) is 12.3. The zero-order chi connectivity index (χ0) is 23.0. The molecule has 0 heterocycles. The summed E-state index contributed by atoms with van der Waals surface area (Å²) >= 11 is 0. The molecule has 0 spiro atoms. The normalized spacial score (nSPS) is 17.8. The molecule has 1 aliphatic rings. The highest BCUT2D eigenvalue weighted by Crippen LogP contribution is 2.46. The number of Topliss-reactive ketones (excluding diaryl/α,β-unsaturated/α-hetero) is 1. The standard InChI is InChI=1S/C27H34O3S/c1-19(17-21-7-10-23(11-8-21)31(29,30)16-13-20(2)28)22-9-12-24-25(18-22)27(5,6)15-14-26(24,3)4/h7-12,17-18H,13-16H2,1-6H3. The summed E-state index contributed by atoms with van der Waals surface area (Å²) in [5.41, 5.74) is 6.54. The number of hydrogen-bond acceptors (Lipinski definition) is 3. The number of allylic oxidation sites excluding steroid dienone is 1. The summed E-state index contributed by atoms with van der Waals surface area (Å²) in [4.78, 5) is 11.4. The molecule has 0 radical (unpaired) electrons. The van der Waals surface area contributed by atoms with Crippen molar-refractivity contribution in [2.75, 3.05) is 5.75 Å². The molecule has 0 bridgehead atoms. The smallest absolute Gasteiger partial charge is 0.178 e. The molecule has 0 atom stereocenters. The minimum atomic E-state index is -3.43. The molecule has 0 aromatic heterocycles. The van der Waals surface area contributed by atoms with Crippen LogP contribution in [0.2, 0.25) is 0 Å². The molecule has 0 saturated heterocycles. The number of ketones is 1. The number of carbonyl (C=O) groups excluding carboxylic acids is 1. The van der Waals surface area contributed by atoms with Crippen LogP contribution in [0.5, 0.6) is 0 Å². The van der Waals surface area contributed by atoms with E-state index in [0.717, 1.165) is 11.1 Å². The Morgan fingerprint density at radius 1 is 0.903 bits per heavy atom. The number of rotatable bonds is 6. The maximum absolute atomic E-state index is 12.4. The maximum Gasteiger partial charge on any atom is 0.178 e. The lowest BCUT2D eigenvalue weighted by molar-refractivity contribution is -0.116. The van der Waals surface area contributed by atoms with Gasteiger partial charge in [0.15, 0.2) is 9.84 Å². The van der Waals surface area contributed by atoms with Gasteiger partial charge in [0.2, 0.25) is 0 Å². The van der Waals surface area contributed by atoms with E-state index in [1.54, 1.807) is 12.1 Å². The number of hydrogen-bond donors (Lipinski definition) is 0. The lowest BCUT2D eigenvalue weighted by Crippen LogP contribution is -2.33. The Morgan fingerprint density at radius 3 is 2.06 bits per heavy atom. The topological polar surface area (TPSA) is 51.2 Å². The van der Waals surface area contributed by atoms with Crippen LogP contribution >= 0.6 is 0 Å². The quantitative estimate of drug-likeness (QED) is 0.494. The third kappa shape index (κ3) is 5.17. The van der Waals surface area contributed by atoms with Gasteiger partial charge in [-0.3, -0.25) is 4.79 Å². The predicted molar refractivity (Wildman–Crippen MR) is 129 cm³/mol. The Bertz CT molecular complexity index is 1120. The van der Waals surface area contributed by atoms with E-state index >= 15 is 0 Å². The number of fused-ring (bicyclic) bond motifs is 1. The zero-order valence-electron chi connectivity index (χ0n) is 19.6. The molecule has 0 aliphatic heterocycles. The minimum Gasteiger partial charge on any atom is -0.300 e. The largest absolute Gasteiger partial charge is 0.300 e.